The molecule has 3 heterocycles. The van der Waals surface area contributed by atoms with Gasteiger partial charge in [-0.2, -0.15) is 0 Å². The zero-order valence-corrected chi connectivity index (χ0v) is 20.6. The van der Waals surface area contributed by atoms with Crippen molar-refractivity contribution in [3.63, 3.8) is 0 Å². The van der Waals surface area contributed by atoms with Crippen LogP contribution in [-0.4, -0.2) is 41.0 Å². The van der Waals surface area contributed by atoms with Crippen LogP contribution in [0.25, 0.3) is 21.7 Å². The van der Waals surface area contributed by atoms with Crippen LogP contribution in [0.1, 0.15) is 25.7 Å². The van der Waals surface area contributed by atoms with Crippen LogP contribution in [0.2, 0.25) is 0 Å². The summed E-state index contributed by atoms with van der Waals surface area (Å²) in [5.74, 6) is 4.16. The Balaban J connectivity index is 1.27. The Morgan fingerprint density at radius 2 is 1.78 bits per heavy atom. The van der Waals surface area contributed by atoms with Crippen molar-refractivity contribution in [3.8, 4) is 23.8 Å². The van der Waals surface area contributed by atoms with Crippen LogP contribution in [0.3, 0.4) is 0 Å². The van der Waals surface area contributed by atoms with Gasteiger partial charge < -0.3 is 20.1 Å². The number of hydrogen-bond donors (Lipinski definition) is 2. The maximum Gasteiger partial charge on any atom is 0.208 e. The normalized spacial score (nSPS) is 22.8. The molecule has 1 aromatic heterocycles. The van der Waals surface area contributed by atoms with Gasteiger partial charge in [-0.1, -0.05) is 30.3 Å². The molecule has 0 saturated carbocycles. The lowest BCUT2D eigenvalue weighted by Gasteiger charge is -2.42. The van der Waals surface area contributed by atoms with E-state index >= 15 is 0 Å². The number of terminal acetylenes is 1. The van der Waals surface area contributed by atoms with E-state index in [4.69, 9.17) is 15.9 Å². The molecule has 0 spiro atoms. The third-order valence-electron chi connectivity index (χ3n) is 7.44. The number of aromatic nitrogens is 2. The topological polar surface area (TPSA) is 85.4 Å². The molecular weight excluding hydrogens is 464 g/mol. The molecule has 7 nitrogen and oxygen atoms in total. The number of Topliss-reactive ketones (excluding diaryl/α,β-unsaturated/α-hetero) is 1. The second-order valence-electron chi connectivity index (χ2n) is 9.88. The van der Waals surface area contributed by atoms with Crippen molar-refractivity contribution in [3.05, 3.63) is 60.9 Å². The van der Waals surface area contributed by atoms with E-state index < -0.39 is 0 Å². The first-order chi connectivity index (χ1) is 18.1. The Morgan fingerprint density at radius 3 is 2.54 bits per heavy atom. The molecule has 37 heavy (non-hydrogen) atoms. The number of fused-ring (bicyclic) bond motifs is 4. The van der Waals surface area contributed by atoms with Gasteiger partial charge in [-0.15, -0.1) is 6.42 Å². The molecule has 2 saturated heterocycles. The van der Waals surface area contributed by atoms with E-state index in [1.807, 2.05) is 30.3 Å². The summed E-state index contributed by atoms with van der Waals surface area (Å²) in [6.45, 7) is 0. The van der Waals surface area contributed by atoms with Gasteiger partial charge in [0.05, 0.1) is 12.6 Å². The number of piperidine rings is 2. The lowest BCUT2D eigenvalue weighted by molar-refractivity contribution is -0.119. The van der Waals surface area contributed by atoms with E-state index in [0.717, 1.165) is 47.7 Å². The number of ketones is 1. The van der Waals surface area contributed by atoms with Gasteiger partial charge in [0.1, 0.15) is 18.2 Å². The van der Waals surface area contributed by atoms with Crippen LogP contribution in [0, 0.1) is 18.3 Å². The number of benzene rings is 3. The number of hydrogen-bond acceptors (Lipinski definition) is 7. The molecule has 2 fully saturated rings. The Kier molecular flexibility index (Phi) is 6.11. The number of nitrogens with zero attached hydrogens (tertiary/aromatic N) is 2. The molecule has 6 rings (SSSR count). The van der Waals surface area contributed by atoms with E-state index in [1.54, 1.807) is 13.4 Å². The predicted molar refractivity (Wildman–Crippen MR) is 144 cm³/mol. The summed E-state index contributed by atoms with van der Waals surface area (Å²) in [5.41, 5.74) is 1.71. The number of carbonyl (C=O) groups is 1. The number of methoxy groups -OCH3 is 1. The first-order valence-electron chi connectivity index (χ1n) is 12.6. The zero-order chi connectivity index (χ0) is 25.4. The molecule has 2 N–H and O–H groups in total. The molecule has 2 aliphatic heterocycles. The minimum Gasteiger partial charge on any atom is -0.493 e. The summed E-state index contributed by atoms with van der Waals surface area (Å²) in [5, 5.41) is 10.3. The lowest BCUT2D eigenvalue weighted by Crippen LogP contribution is -2.54. The maximum atomic E-state index is 12.1. The van der Waals surface area contributed by atoms with Gasteiger partial charge in [-0.25, -0.2) is 9.97 Å². The predicted octanol–water partition coefficient (Wildman–Crippen LogP) is 5.02. The average Bonchev–Trinajstić information content (AvgIpc) is 2.92. The summed E-state index contributed by atoms with van der Waals surface area (Å²) < 4.78 is 12.2. The highest BCUT2D eigenvalue weighted by atomic mass is 16.5. The SMILES string of the molecule is C#CC(=O)C1CC2CC(Oc3cc4c(Nc5ccc6ccccc6c5)ncnc4cc3OC)CC(C1)N2. The van der Waals surface area contributed by atoms with Crippen molar-refractivity contribution in [2.24, 2.45) is 5.92 Å². The molecule has 4 aromatic rings. The zero-order valence-electron chi connectivity index (χ0n) is 20.6. The lowest BCUT2D eigenvalue weighted by atomic mass is 9.77. The third-order valence-corrected chi connectivity index (χ3v) is 7.44. The van der Waals surface area contributed by atoms with Crippen LogP contribution in [0.5, 0.6) is 11.5 Å². The summed E-state index contributed by atoms with van der Waals surface area (Å²) in [4.78, 5) is 21.1. The highest BCUT2D eigenvalue weighted by Crippen LogP contribution is 2.38. The summed E-state index contributed by atoms with van der Waals surface area (Å²) in [6, 6.07) is 18.8. The molecule has 7 heteroatoms. The van der Waals surface area contributed by atoms with Crippen molar-refractivity contribution in [1.82, 2.24) is 15.3 Å². The van der Waals surface area contributed by atoms with Crippen molar-refractivity contribution in [2.75, 3.05) is 12.4 Å². The Hall–Kier alpha value is -4.15. The van der Waals surface area contributed by atoms with Gasteiger partial charge in [-0.3, -0.25) is 4.79 Å². The summed E-state index contributed by atoms with van der Waals surface area (Å²) in [6.07, 6.45) is 10.0. The van der Waals surface area contributed by atoms with Crippen LogP contribution < -0.4 is 20.1 Å². The van der Waals surface area contributed by atoms with E-state index in [2.05, 4.69) is 50.8 Å². The monoisotopic (exact) mass is 492 g/mol. The van der Waals surface area contributed by atoms with Gasteiger partial charge in [0.2, 0.25) is 5.78 Å². The summed E-state index contributed by atoms with van der Waals surface area (Å²) in [7, 11) is 1.64. The number of rotatable bonds is 6. The standard InChI is InChI=1S/C30H28N4O3/c1-3-27(35)20-11-22-13-24(14-23(12-20)33-22)37-29-15-25-26(16-28(29)36-2)31-17-32-30(25)34-21-9-8-18-6-4-5-7-19(18)10-21/h1,4-10,15-17,20,22-24,33H,11-14H2,2H3,(H,31,32,34). The van der Waals surface area contributed by atoms with Gasteiger partial charge in [0.15, 0.2) is 11.5 Å². The molecule has 0 amide bonds. The minimum absolute atomic E-state index is 0.00557. The van der Waals surface area contributed by atoms with Crippen molar-refractivity contribution >= 4 is 39.0 Å². The number of carbonyl (C=O) groups excluding carboxylic acids is 1. The molecule has 2 bridgehead atoms. The van der Waals surface area contributed by atoms with E-state index in [-0.39, 0.29) is 29.9 Å². The largest absolute Gasteiger partial charge is 0.493 e. The third kappa shape index (κ3) is 4.68. The average molecular weight is 493 g/mol. The molecule has 2 aliphatic rings. The van der Waals surface area contributed by atoms with Gasteiger partial charge >= 0.3 is 0 Å². The van der Waals surface area contributed by atoms with Crippen LogP contribution >= 0.6 is 0 Å². The molecule has 186 valence electrons. The molecule has 2 unspecified atom stereocenters. The number of ether oxygens (including phenoxy) is 2. The van der Waals surface area contributed by atoms with Crippen LogP contribution in [0.4, 0.5) is 11.5 Å². The fraction of sp³-hybridized carbons (Fsp3) is 0.300. The molecule has 3 aromatic carbocycles. The van der Waals surface area contributed by atoms with Crippen molar-refractivity contribution in [2.45, 2.75) is 43.9 Å². The molecular formula is C30H28N4O3. The smallest absolute Gasteiger partial charge is 0.208 e. The maximum absolute atomic E-state index is 12.1. The second kappa shape index (κ2) is 9.72. The molecule has 2 atom stereocenters. The van der Waals surface area contributed by atoms with Crippen LogP contribution in [0.15, 0.2) is 60.9 Å². The van der Waals surface area contributed by atoms with Crippen LogP contribution in [-0.2, 0) is 4.79 Å². The van der Waals surface area contributed by atoms with Gasteiger partial charge in [0.25, 0.3) is 0 Å². The quantitative estimate of drug-likeness (QED) is 0.289. The summed E-state index contributed by atoms with van der Waals surface area (Å²) >= 11 is 0. The fourth-order valence-corrected chi connectivity index (χ4v) is 5.74. The van der Waals surface area contributed by atoms with E-state index in [1.165, 1.54) is 5.39 Å². The van der Waals surface area contributed by atoms with Crippen molar-refractivity contribution in [1.29, 1.82) is 0 Å². The first kappa shape index (κ1) is 23.3. The van der Waals surface area contributed by atoms with Crippen molar-refractivity contribution < 1.29 is 14.3 Å². The van der Waals surface area contributed by atoms with E-state index in [9.17, 15) is 4.79 Å². The fourth-order valence-electron chi connectivity index (χ4n) is 5.74. The Bertz CT molecular complexity index is 1510. The van der Waals surface area contributed by atoms with Gasteiger partial charge in [0, 0.05) is 35.1 Å². The first-order valence-corrected chi connectivity index (χ1v) is 12.6. The van der Waals surface area contributed by atoms with E-state index in [0.29, 0.717) is 17.3 Å². The second-order valence-corrected chi connectivity index (χ2v) is 9.88. The minimum atomic E-state index is -0.0847. The Morgan fingerprint density at radius 1 is 1.00 bits per heavy atom. The molecule has 0 radical (unpaired) electrons. The highest BCUT2D eigenvalue weighted by molar-refractivity contribution is 5.97. The van der Waals surface area contributed by atoms with Gasteiger partial charge in [-0.05, 0) is 60.6 Å². The number of nitrogens with one attached hydrogen (secondary N) is 2. The highest BCUT2D eigenvalue weighted by Gasteiger charge is 2.38. The Labute approximate surface area is 215 Å². The molecule has 0 aliphatic carbocycles. The number of anilines is 2.